The summed E-state index contributed by atoms with van der Waals surface area (Å²) in [5.41, 5.74) is 4.57. The summed E-state index contributed by atoms with van der Waals surface area (Å²) in [5, 5.41) is 4.65. The van der Waals surface area contributed by atoms with E-state index in [1.807, 2.05) is 24.1 Å². The number of carbonyl (C=O) groups excluding carboxylic acids is 1. The number of methoxy groups -OCH3 is 1. The number of hydrogen-bond acceptors (Lipinski definition) is 9. The van der Waals surface area contributed by atoms with Gasteiger partial charge in [0, 0.05) is 56.5 Å². The maximum absolute atomic E-state index is 13.8. The zero-order valence-electron chi connectivity index (χ0n) is 24.9. The number of ether oxygens (including phenoxy) is 1. The average Bonchev–Trinajstić information content (AvgIpc) is 3.56. The number of aryl methyl sites for hydroxylation is 1. The van der Waals surface area contributed by atoms with Gasteiger partial charge in [0.05, 0.1) is 36.1 Å². The van der Waals surface area contributed by atoms with E-state index in [2.05, 4.69) is 24.4 Å². The normalized spacial score (nSPS) is 19.2. The number of rotatable bonds is 9. The van der Waals surface area contributed by atoms with Crippen LogP contribution in [0.4, 0.5) is 26.1 Å². The van der Waals surface area contributed by atoms with Crippen LogP contribution in [0.3, 0.4) is 0 Å². The van der Waals surface area contributed by atoms with E-state index in [-0.39, 0.29) is 25.9 Å². The van der Waals surface area contributed by atoms with Gasteiger partial charge >= 0.3 is 5.97 Å². The van der Waals surface area contributed by atoms with Crippen molar-refractivity contribution in [1.82, 2.24) is 19.7 Å². The minimum atomic E-state index is -3.96. The Morgan fingerprint density at radius 2 is 1.68 bits per heavy atom. The molecule has 44 heavy (non-hydrogen) atoms. The second-order valence-corrected chi connectivity index (χ2v) is 13.8. The van der Waals surface area contributed by atoms with Crippen molar-refractivity contribution >= 4 is 33.3 Å². The fourth-order valence-corrected chi connectivity index (χ4v) is 6.92. The van der Waals surface area contributed by atoms with Gasteiger partial charge in [0.15, 0.2) is 5.75 Å². The van der Waals surface area contributed by atoms with Crippen LogP contribution in [-0.4, -0.2) is 79.1 Å². The molecular formula is C30H37F2N7O4S. The maximum Gasteiger partial charge on any atom is 0.322 e. The fraction of sp³-hybridized carbons (Fsp3) is 0.533. The van der Waals surface area contributed by atoms with Crippen LogP contribution in [0, 0.1) is 5.41 Å². The molecule has 3 aliphatic rings. The number of nitrogens with zero attached hydrogens (tertiary/aromatic N) is 6. The lowest BCUT2D eigenvalue weighted by Crippen LogP contribution is -2.40. The van der Waals surface area contributed by atoms with E-state index in [1.165, 1.54) is 12.8 Å². The van der Waals surface area contributed by atoms with Crippen molar-refractivity contribution in [2.75, 3.05) is 53.6 Å². The minimum Gasteiger partial charge on any atom is -0.468 e. The predicted octanol–water partition coefficient (Wildman–Crippen LogP) is 4.42. The molecule has 0 bridgehead atoms. The third-order valence-electron chi connectivity index (χ3n) is 8.94. The Morgan fingerprint density at radius 1 is 0.977 bits per heavy atom. The average molecular weight is 630 g/mol. The summed E-state index contributed by atoms with van der Waals surface area (Å²) in [6, 6.07) is 7.12. The SMILES string of the molecule is CCc1cc(-c2cnn(-c3ccc(NS(=O)(=O)CC(=O)OC)cc3N3CCC4(CC3)CC4)c2)nc(N2CCC(F)(F)CC2)n1. The number of hydrogen-bond donors (Lipinski definition) is 1. The Balaban J connectivity index is 1.31. The van der Waals surface area contributed by atoms with Gasteiger partial charge in [0.25, 0.3) is 5.92 Å². The quantitative estimate of drug-likeness (QED) is 0.343. The predicted molar refractivity (Wildman–Crippen MR) is 163 cm³/mol. The van der Waals surface area contributed by atoms with E-state index < -0.39 is 27.7 Å². The number of anilines is 3. The summed E-state index contributed by atoms with van der Waals surface area (Å²) in [6.07, 6.45) is 8.43. The number of aromatic nitrogens is 4. The molecule has 0 amide bonds. The highest BCUT2D eigenvalue weighted by atomic mass is 32.2. The summed E-state index contributed by atoms with van der Waals surface area (Å²) in [4.78, 5) is 25.1. The molecule has 2 aromatic heterocycles. The third kappa shape index (κ3) is 6.64. The molecule has 0 radical (unpaired) electrons. The smallest absolute Gasteiger partial charge is 0.322 e. The molecule has 3 fully saturated rings. The van der Waals surface area contributed by atoms with Crippen molar-refractivity contribution in [3.05, 3.63) is 42.4 Å². The second-order valence-electron chi connectivity index (χ2n) is 12.0. The third-order valence-corrected chi connectivity index (χ3v) is 10.1. The van der Waals surface area contributed by atoms with Crippen molar-refractivity contribution in [2.24, 2.45) is 5.41 Å². The van der Waals surface area contributed by atoms with Crippen LogP contribution in [0.5, 0.6) is 0 Å². The Labute approximate surface area is 255 Å². The first-order chi connectivity index (χ1) is 21.0. The topological polar surface area (TPSA) is 123 Å². The van der Waals surface area contributed by atoms with E-state index >= 15 is 0 Å². The number of nitrogens with one attached hydrogen (secondary N) is 1. The Kier molecular flexibility index (Phi) is 7.97. The molecular weight excluding hydrogens is 592 g/mol. The summed E-state index contributed by atoms with van der Waals surface area (Å²) in [5.74, 6) is -3.85. The minimum absolute atomic E-state index is 0.190. The lowest BCUT2D eigenvalue weighted by Gasteiger charge is -2.35. The lowest BCUT2D eigenvalue weighted by atomic mass is 9.93. The van der Waals surface area contributed by atoms with E-state index in [9.17, 15) is 22.0 Å². The van der Waals surface area contributed by atoms with E-state index in [1.54, 1.807) is 29.1 Å². The second kappa shape index (κ2) is 11.6. The molecule has 3 aromatic rings. The van der Waals surface area contributed by atoms with Gasteiger partial charge in [0.1, 0.15) is 0 Å². The van der Waals surface area contributed by atoms with E-state index in [4.69, 9.17) is 4.98 Å². The highest BCUT2D eigenvalue weighted by molar-refractivity contribution is 7.93. The van der Waals surface area contributed by atoms with Crippen molar-refractivity contribution in [3.63, 3.8) is 0 Å². The van der Waals surface area contributed by atoms with Gasteiger partial charge in [-0.1, -0.05) is 6.92 Å². The molecule has 236 valence electrons. The fourth-order valence-electron chi connectivity index (χ4n) is 5.94. The van der Waals surface area contributed by atoms with Gasteiger partial charge < -0.3 is 14.5 Å². The molecule has 14 heteroatoms. The van der Waals surface area contributed by atoms with Crippen LogP contribution in [0.1, 0.15) is 51.1 Å². The van der Waals surface area contributed by atoms with Crippen LogP contribution in [0.2, 0.25) is 0 Å². The molecule has 4 heterocycles. The van der Waals surface area contributed by atoms with Gasteiger partial charge in [0.2, 0.25) is 16.0 Å². The molecule has 1 saturated carbocycles. The molecule has 1 aromatic carbocycles. The van der Waals surface area contributed by atoms with Crippen LogP contribution in [-0.2, 0) is 26.0 Å². The molecule has 2 aliphatic heterocycles. The van der Waals surface area contributed by atoms with Crippen molar-refractivity contribution in [3.8, 4) is 16.9 Å². The zero-order chi connectivity index (χ0) is 31.1. The molecule has 1 N–H and O–H groups in total. The van der Waals surface area contributed by atoms with Crippen molar-refractivity contribution in [1.29, 1.82) is 0 Å². The van der Waals surface area contributed by atoms with Gasteiger partial charge in [-0.2, -0.15) is 5.10 Å². The molecule has 11 nitrogen and oxygen atoms in total. The number of esters is 1. The van der Waals surface area contributed by atoms with Gasteiger partial charge in [-0.05, 0) is 61.8 Å². The number of carbonyl (C=O) groups is 1. The monoisotopic (exact) mass is 629 g/mol. The molecule has 1 spiro atoms. The molecule has 6 rings (SSSR count). The first-order valence-corrected chi connectivity index (χ1v) is 16.6. The van der Waals surface area contributed by atoms with Crippen LogP contribution in [0.15, 0.2) is 36.7 Å². The first-order valence-electron chi connectivity index (χ1n) is 15.0. The van der Waals surface area contributed by atoms with Gasteiger partial charge in [-0.25, -0.2) is 31.8 Å². The summed E-state index contributed by atoms with van der Waals surface area (Å²) in [6.45, 7) is 4.04. The Morgan fingerprint density at radius 3 is 2.34 bits per heavy atom. The highest BCUT2D eigenvalue weighted by Crippen LogP contribution is 2.54. The number of sulfonamides is 1. The van der Waals surface area contributed by atoms with Crippen LogP contribution < -0.4 is 14.5 Å². The van der Waals surface area contributed by atoms with Crippen molar-refractivity contribution < 1.29 is 26.7 Å². The molecule has 0 unspecified atom stereocenters. The highest BCUT2D eigenvalue weighted by Gasteiger charge is 2.44. The Bertz CT molecular complexity index is 1640. The summed E-state index contributed by atoms with van der Waals surface area (Å²) >= 11 is 0. The lowest BCUT2D eigenvalue weighted by molar-refractivity contribution is -0.137. The number of piperidine rings is 2. The number of halogens is 2. The van der Waals surface area contributed by atoms with Crippen LogP contribution >= 0.6 is 0 Å². The van der Waals surface area contributed by atoms with E-state index in [0.717, 1.165) is 55.7 Å². The first kappa shape index (κ1) is 30.2. The summed E-state index contributed by atoms with van der Waals surface area (Å²) in [7, 11) is -2.82. The summed E-state index contributed by atoms with van der Waals surface area (Å²) < 4.78 is 61.6. The van der Waals surface area contributed by atoms with E-state index in [0.29, 0.717) is 29.2 Å². The zero-order valence-corrected chi connectivity index (χ0v) is 25.7. The van der Waals surface area contributed by atoms with Gasteiger partial charge in [-0.15, -0.1) is 0 Å². The van der Waals surface area contributed by atoms with Crippen LogP contribution in [0.25, 0.3) is 16.9 Å². The number of benzene rings is 1. The largest absolute Gasteiger partial charge is 0.468 e. The molecule has 1 aliphatic carbocycles. The standard InChI is InChI=1S/C30H37F2N7O4S/c1-3-22-16-24(35-28(34-22)38-14-10-30(31,32)11-15-38)21-18-33-39(19-21)25-5-4-23(36-44(41,42)20-27(40)43-2)17-26(25)37-12-8-29(6-7-29)9-13-37/h4-5,16-19,36H,3,6-15,20H2,1-2H3. The maximum atomic E-state index is 13.8. The number of alkyl halides is 2. The van der Waals surface area contributed by atoms with Crippen molar-refractivity contribution in [2.45, 2.75) is 57.8 Å². The molecule has 0 atom stereocenters. The Hall–Kier alpha value is -3.81. The molecule has 2 saturated heterocycles. The van der Waals surface area contributed by atoms with Gasteiger partial charge in [-0.3, -0.25) is 9.52 Å².